The van der Waals surface area contributed by atoms with Gasteiger partial charge in [-0.25, -0.2) is 0 Å². The fourth-order valence-electron chi connectivity index (χ4n) is 3.22. The highest BCUT2D eigenvalue weighted by Gasteiger charge is 2.52. The minimum Gasteiger partial charge on any atom is -0.368 e. The molecule has 0 aromatic heterocycles. The van der Waals surface area contributed by atoms with Crippen LogP contribution in [0.25, 0.3) is 0 Å². The van der Waals surface area contributed by atoms with Crippen LogP contribution >= 0.6 is 0 Å². The zero-order valence-electron chi connectivity index (χ0n) is 8.33. The van der Waals surface area contributed by atoms with E-state index >= 15 is 0 Å². The van der Waals surface area contributed by atoms with Crippen molar-refractivity contribution in [3.8, 4) is 0 Å². The summed E-state index contributed by atoms with van der Waals surface area (Å²) >= 11 is 0. The third-order valence-electron chi connectivity index (χ3n) is 4.09. The van der Waals surface area contributed by atoms with Crippen molar-refractivity contribution in [3.63, 3.8) is 0 Å². The standard InChI is InChI=1S/C10H17N3O/c11-9(14)8-1-2-13(8)6-10-3-7(4-10)5-12-10/h7-8,12H,1-6H2,(H2,11,14). The largest absolute Gasteiger partial charge is 0.368 e. The minimum atomic E-state index is -0.151. The lowest BCUT2D eigenvalue weighted by Crippen LogP contribution is -2.62. The third-order valence-corrected chi connectivity index (χ3v) is 4.09. The molecular weight excluding hydrogens is 178 g/mol. The lowest BCUT2D eigenvalue weighted by molar-refractivity contribution is -0.128. The van der Waals surface area contributed by atoms with Gasteiger partial charge in [-0.2, -0.15) is 0 Å². The smallest absolute Gasteiger partial charge is 0.234 e. The van der Waals surface area contributed by atoms with Gasteiger partial charge >= 0.3 is 0 Å². The molecule has 2 bridgehead atoms. The molecule has 4 heteroatoms. The monoisotopic (exact) mass is 195 g/mol. The summed E-state index contributed by atoms with van der Waals surface area (Å²) in [6.45, 7) is 3.24. The number of hydrogen-bond acceptors (Lipinski definition) is 3. The van der Waals surface area contributed by atoms with Crippen LogP contribution in [0.4, 0.5) is 0 Å². The molecule has 3 aliphatic heterocycles. The number of nitrogens with zero attached hydrogens (tertiary/aromatic N) is 1. The predicted molar refractivity (Wildman–Crippen MR) is 52.6 cm³/mol. The lowest BCUT2D eigenvalue weighted by atomic mass is 9.72. The Morgan fingerprint density at radius 2 is 2.36 bits per heavy atom. The van der Waals surface area contributed by atoms with Crippen molar-refractivity contribution in [2.75, 3.05) is 19.6 Å². The Bertz CT molecular complexity index is 267. The van der Waals surface area contributed by atoms with Crippen LogP contribution in [0, 0.1) is 5.92 Å². The fourth-order valence-corrected chi connectivity index (χ4v) is 3.22. The van der Waals surface area contributed by atoms with E-state index in [4.69, 9.17) is 5.73 Å². The molecule has 14 heavy (non-hydrogen) atoms. The highest BCUT2D eigenvalue weighted by Crippen LogP contribution is 2.44. The Kier molecular flexibility index (Phi) is 1.67. The van der Waals surface area contributed by atoms with Gasteiger partial charge in [-0.1, -0.05) is 0 Å². The predicted octanol–water partition coefficient (Wildman–Crippen LogP) is -0.702. The second-order valence-corrected chi connectivity index (χ2v) is 5.11. The number of fused-ring (bicyclic) bond motifs is 1. The molecule has 1 aliphatic carbocycles. The molecule has 4 aliphatic rings. The molecule has 1 unspecified atom stereocenters. The molecule has 3 N–H and O–H groups in total. The molecule has 1 amide bonds. The van der Waals surface area contributed by atoms with E-state index in [2.05, 4.69) is 10.2 Å². The molecule has 0 radical (unpaired) electrons. The summed E-state index contributed by atoms with van der Waals surface area (Å²) in [6.07, 6.45) is 3.55. The SMILES string of the molecule is NC(=O)C1CCN1CC12CC(CN1)C2. The van der Waals surface area contributed by atoms with Crippen molar-refractivity contribution in [1.82, 2.24) is 10.2 Å². The molecule has 0 aromatic carbocycles. The molecule has 3 heterocycles. The normalized spacial score (nSPS) is 45.7. The van der Waals surface area contributed by atoms with E-state index in [0.717, 1.165) is 25.4 Å². The van der Waals surface area contributed by atoms with Gasteiger partial charge in [-0.05, 0) is 31.7 Å². The first-order valence-corrected chi connectivity index (χ1v) is 5.47. The van der Waals surface area contributed by atoms with E-state index in [1.807, 2.05) is 0 Å². The lowest BCUT2D eigenvalue weighted by Gasteiger charge is -2.47. The number of carbonyl (C=O) groups excluding carboxylic acids is 1. The second-order valence-electron chi connectivity index (χ2n) is 5.11. The van der Waals surface area contributed by atoms with Crippen LogP contribution in [0.5, 0.6) is 0 Å². The van der Waals surface area contributed by atoms with Crippen LogP contribution in [-0.4, -0.2) is 42.0 Å². The fraction of sp³-hybridized carbons (Fsp3) is 0.900. The minimum absolute atomic E-state index is 0.0193. The number of carbonyl (C=O) groups is 1. The molecule has 0 aromatic rings. The van der Waals surface area contributed by atoms with Crippen LogP contribution in [-0.2, 0) is 4.79 Å². The molecular formula is C10H17N3O. The van der Waals surface area contributed by atoms with Crippen LogP contribution in [0.2, 0.25) is 0 Å². The van der Waals surface area contributed by atoms with Gasteiger partial charge in [0.05, 0.1) is 6.04 Å². The molecule has 1 saturated carbocycles. The van der Waals surface area contributed by atoms with Gasteiger partial charge in [0.2, 0.25) is 5.91 Å². The maximum atomic E-state index is 11.0. The summed E-state index contributed by atoms with van der Waals surface area (Å²) in [7, 11) is 0. The Labute approximate surface area is 83.8 Å². The molecule has 1 atom stereocenters. The van der Waals surface area contributed by atoms with E-state index in [1.54, 1.807) is 0 Å². The number of hydrogen-bond donors (Lipinski definition) is 2. The first-order chi connectivity index (χ1) is 6.69. The summed E-state index contributed by atoms with van der Waals surface area (Å²) in [5, 5.41) is 3.57. The van der Waals surface area contributed by atoms with Crippen LogP contribution in [0.15, 0.2) is 0 Å². The first-order valence-electron chi connectivity index (χ1n) is 5.47. The number of rotatable bonds is 3. The van der Waals surface area contributed by atoms with E-state index in [9.17, 15) is 4.79 Å². The highest BCUT2D eigenvalue weighted by atomic mass is 16.1. The molecule has 4 rings (SSSR count). The maximum absolute atomic E-state index is 11.0. The average molecular weight is 195 g/mol. The number of amides is 1. The van der Waals surface area contributed by atoms with E-state index in [1.165, 1.54) is 19.4 Å². The van der Waals surface area contributed by atoms with Crippen molar-refractivity contribution in [3.05, 3.63) is 0 Å². The summed E-state index contributed by atoms with van der Waals surface area (Å²) in [5.41, 5.74) is 5.66. The topological polar surface area (TPSA) is 58.4 Å². The Hall–Kier alpha value is -0.610. The molecule has 4 nitrogen and oxygen atoms in total. The first kappa shape index (κ1) is 8.68. The Morgan fingerprint density at radius 3 is 2.79 bits per heavy atom. The molecule has 78 valence electrons. The number of nitrogens with two attached hydrogens (primary N) is 1. The van der Waals surface area contributed by atoms with Crippen molar-refractivity contribution < 1.29 is 4.79 Å². The average Bonchev–Trinajstić information content (AvgIpc) is 2.53. The summed E-state index contributed by atoms with van der Waals surface area (Å²) in [6, 6.07) is 0.0193. The number of likely N-dealkylation sites (tertiary alicyclic amines) is 1. The van der Waals surface area contributed by atoms with Crippen LogP contribution < -0.4 is 11.1 Å². The van der Waals surface area contributed by atoms with Gasteiger partial charge in [0.1, 0.15) is 0 Å². The van der Waals surface area contributed by atoms with Gasteiger partial charge in [-0.15, -0.1) is 0 Å². The van der Waals surface area contributed by atoms with Gasteiger partial charge in [0.15, 0.2) is 0 Å². The molecule has 4 fully saturated rings. The van der Waals surface area contributed by atoms with Crippen molar-refractivity contribution in [1.29, 1.82) is 0 Å². The third kappa shape index (κ3) is 1.10. The van der Waals surface area contributed by atoms with Crippen molar-refractivity contribution >= 4 is 5.91 Å². The van der Waals surface area contributed by atoms with Crippen molar-refractivity contribution in [2.45, 2.75) is 30.8 Å². The van der Waals surface area contributed by atoms with Crippen LogP contribution in [0.1, 0.15) is 19.3 Å². The van der Waals surface area contributed by atoms with Gasteiger partial charge < -0.3 is 11.1 Å². The van der Waals surface area contributed by atoms with E-state index in [0.29, 0.717) is 5.54 Å². The van der Waals surface area contributed by atoms with E-state index < -0.39 is 0 Å². The Morgan fingerprint density at radius 1 is 1.57 bits per heavy atom. The maximum Gasteiger partial charge on any atom is 0.234 e. The highest BCUT2D eigenvalue weighted by molar-refractivity contribution is 5.80. The Balaban J connectivity index is 1.60. The number of nitrogens with one attached hydrogen (secondary N) is 1. The van der Waals surface area contributed by atoms with Crippen molar-refractivity contribution in [2.24, 2.45) is 11.7 Å². The summed E-state index contributed by atoms with van der Waals surface area (Å²) < 4.78 is 0. The summed E-state index contributed by atoms with van der Waals surface area (Å²) in [4.78, 5) is 13.3. The summed E-state index contributed by atoms with van der Waals surface area (Å²) in [5.74, 6) is 0.754. The zero-order valence-corrected chi connectivity index (χ0v) is 8.33. The van der Waals surface area contributed by atoms with Gasteiger partial charge in [0, 0.05) is 18.6 Å². The second kappa shape index (κ2) is 2.70. The molecule has 3 saturated heterocycles. The van der Waals surface area contributed by atoms with Gasteiger partial charge in [-0.3, -0.25) is 9.69 Å². The quantitative estimate of drug-likeness (QED) is 0.626. The van der Waals surface area contributed by atoms with Gasteiger partial charge in [0.25, 0.3) is 0 Å². The molecule has 0 spiro atoms. The van der Waals surface area contributed by atoms with Crippen LogP contribution in [0.3, 0.4) is 0 Å². The zero-order chi connectivity index (χ0) is 9.76. The number of primary amides is 1. The van der Waals surface area contributed by atoms with E-state index in [-0.39, 0.29) is 11.9 Å².